The molecule has 18 heavy (non-hydrogen) atoms. The normalized spacial score (nSPS) is 13.0. The molecular weight excluding hydrogens is 220 g/mol. The SMILES string of the molecule is CCCn1ccc(CNC(C)(C)CC(C)(C)C)c1. The Balaban J connectivity index is 2.48. The predicted molar refractivity (Wildman–Crippen MR) is 79.7 cm³/mol. The van der Waals surface area contributed by atoms with E-state index in [1.165, 1.54) is 18.4 Å². The zero-order valence-electron chi connectivity index (χ0n) is 13.0. The van der Waals surface area contributed by atoms with Gasteiger partial charge in [0.2, 0.25) is 0 Å². The summed E-state index contributed by atoms with van der Waals surface area (Å²) in [5, 5.41) is 3.67. The highest BCUT2D eigenvalue weighted by Gasteiger charge is 2.24. The molecule has 0 fully saturated rings. The summed E-state index contributed by atoms with van der Waals surface area (Å²) in [6.07, 6.45) is 6.80. The molecule has 2 heteroatoms. The molecule has 0 saturated heterocycles. The van der Waals surface area contributed by atoms with E-state index < -0.39 is 0 Å². The van der Waals surface area contributed by atoms with Crippen LogP contribution in [0.1, 0.15) is 59.9 Å². The van der Waals surface area contributed by atoms with Gasteiger partial charge >= 0.3 is 0 Å². The number of hydrogen-bond donors (Lipinski definition) is 1. The van der Waals surface area contributed by atoms with E-state index in [0.717, 1.165) is 13.1 Å². The smallest absolute Gasteiger partial charge is 0.0225 e. The molecule has 0 aliphatic carbocycles. The van der Waals surface area contributed by atoms with Crippen molar-refractivity contribution in [3.63, 3.8) is 0 Å². The van der Waals surface area contributed by atoms with Gasteiger partial charge in [0.15, 0.2) is 0 Å². The molecule has 0 unspecified atom stereocenters. The molecule has 104 valence electrons. The predicted octanol–water partition coefficient (Wildman–Crippen LogP) is 4.20. The molecule has 0 aromatic carbocycles. The highest BCUT2D eigenvalue weighted by molar-refractivity contribution is 5.10. The Hall–Kier alpha value is -0.760. The van der Waals surface area contributed by atoms with Crippen molar-refractivity contribution in [1.82, 2.24) is 9.88 Å². The maximum atomic E-state index is 3.67. The summed E-state index contributed by atoms with van der Waals surface area (Å²) in [6, 6.07) is 2.22. The molecule has 0 aliphatic rings. The maximum absolute atomic E-state index is 3.67. The van der Waals surface area contributed by atoms with Gasteiger partial charge in [-0.05, 0) is 43.7 Å². The number of aryl methyl sites for hydroxylation is 1. The van der Waals surface area contributed by atoms with E-state index in [2.05, 4.69) is 69.9 Å². The van der Waals surface area contributed by atoms with E-state index in [1.54, 1.807) is 0 Å². The van der Waals surface area contributed by atoms with E-state index in [4.69, 9.17) is 0 Å². The fraction of sp³-hybridized carbons (Fsp3) is 0.750. The second-order valence-electron chi connectivity index (χ2n) is 7.23. The fourth-order valence-electron chi connectivity index (χ4n) is 2.72. The van der Waals surface area contributed by atoms with Crippen LogP contribution in [0.15, 0.2) is 18.5 Å². The monoisotopic (exact) mass is 250 g/mol. The standard InChI is InChI=1S/C16H30N2/c1-7-9-18-10-8-14(12-18)11-17-16(5,6)13-15(2,3)4/h8,10,12,17H,7,9,11,13H2,1-6H3. The van der Waals surface area contributed by atoms with E-state index in [0.29, 0.717) is 5.41 Å². The van der Waals surface area contributed by atoms with Crippen molar-refractivity contribution >= 4 is 0 Å². The Labute approximate surface area is 113 Å². The summed E-state index contributed by atoms with van der Waals surface area (Å²) < 4.78 is 2.27. The maximum Gasteiger partial charge on any atom is 0.0225 e. The Morgan fingerprint density at radius 2 is 1.83 bits per heavy atom. The van der Waals surface area contributed by atoms with Crippen LogP contribution < -0.4 is 5.32 Å². The molecule has 0 atom stereocenters. The minimum atomic E-state index is 0.186. The summed E-state index contributed by atoms with van der Waals surface area (Å²) in [5.74, 6) is 0. The van der Waals surface area contributed by atoms with Crippen LogP contribution >= 0.6 is 0 Å². The van der Waals surface area contributed by atoms with Crippen molar-refractivity contribution in [3.05, 3.63) is 24.0 Å². The van der Waals surface area contributed by atoms with Gasteiger partial charge in [-0.2, -0.15) is 0 Å². The molecule has 0 bridgehead atoms. The minimum Gasteiger partial charge on any atom is -0.354 e. The summed E-state index contributed by atoms with van der Waals surface area (Å²) in [7, 11) is 0. The van der Waals surface area contributed by atoms with Gasteiger partial charge in [-0.3, -0.25) is 0 Å². The van der Waals surface area contributed by atoms with Gasteiger partial charge in [0.25, 0.3) is 0 Å². The van der Waals surface area contributed by atoms with Crippen LogP contribution in [0.25, 0.3) is 0 Å². The molecule has 0 aliphatic heterocycles. The second-order valence-corrected chi connectivity index (χ2v) is 7.23. The lowest BCUT2D eigenvalue weighted by atomic mass is 9.82. The van der Waals surface area contributed by atoms with Gasteiger partial charge in [-0.1, -0.05) is 27.7 Å². The van der Waals surface area contributed by atoms with Crippen LogP contribution in [0.4, 0.5) is 0 Å². The Kier molecular flexibility index (Phi) is 5.03. The zero-order valence-corrected chi connectivity index (χ0v) is 13.0. The van der Waals surface area contributed by atoms with Crippen molar-refractivity contribution in [1.29, 1.82) is 0 Å². The number of hydrogen-bond acceptors (Lipinski definition) is 1. The number of aromatic nitrogens is 1. The third-order valence-corrected chi connectivity index (χ3v) is 3.04. The molecule has 2 nitrogen and oxygen atoms in total. The van der Waals surface area contributed by atoms with Crippen LogP contribution in [0.5, 0.6) is 0 Å². The summed E-state index contributed by atoms with van der Waals surface area (Å²) in [6.45, 7) is 15.8. The molecule has 1 N–H and O–H groups in total. The van der Waals surface area contributed by atoms with Crippen LogP contribution in [0.2, 0.25) is 0 Å². The summed E-state index contributed by atoms with van der Waals surface area (Å²) >= 11 is 0. The summed E-state index contributed by atoms with van der Waals surface area (Å²) in [4.78, 5) is 0. The first-order valence-corrected chi connectivity index (χ1v) is 7.11. The number of nitrogens with zero attached hydrogens (tertiary/aromatic N) is 1. The first-order valence-electron chi connectivity index (χ1n) is 7.11. The lowest BCUT2D eigenvalue weighted by Gasteiger charge is -2.33. The van der Waals surface area contributed by atoms with Crippen LogP contribution in [-0.4, -0.2) is 10.1 Å². The Morgan fingerprint density at radius 1 is 1.17 bits per heavy atom. The number of nitrogens with one attached hydrogen (secondary N) is 1. The van der Waals surface area contributed by atoms with Crippen molar-refractivity contribution in [2.75, 3.05) is 0 Å². The molecule has 0 spiro atoms. The quantitative estimate of drug-likeness (QED) is 0.800. The fourth-order valence-corrected chi connectivity index (χ4v) is 2.72. The first kappa shape index (κ1) is 15.3. The van der Waals surface area contributed by atoms with Crippen LogP contribution in [0.3, 0.4) is 0 Å². The average molecular weight is 250 g/mol. The van der Waals surface area contributed by atoms with Crippen molar-refractivity contribution in [2.45, 2.75) is 73.0 Å². The minimum absolute atomic E-state index is 0.186. The summed E-state index contributed by atoms with van der Waals surface area (Å²) in [5.41, 5.74) is 1.93. The molecule has 0 radical (unpaired) electrons. The molecule has 0 saturated carbocycles. The molecule has 1 rings (SSSR count). The van der Waals surface area contributed by atoms with Gasteiger partial charge in [-0.15, -0.1) is 0 Å². The zero-order chi connectivity index (χ0) is 13.8. The van der Waals surface area contributed by atoms with Gasteiger partial charge in [0, 0.05) is 31.0 Å². The van der Waals surface area contributed by atoms with E-state index in [-0.39, 0.29) is 5.54 Å². The van der Waals surface area contributed by atoms with Crippen molar-refractivity contribution < 1.29 is 0 Å². The molecule has 1 heterocycles. The lowest BCUT2D eigenvalue weighted by molar-refractivity contribution is 0.240. The third kappa shape index (κ3) is 5.72. The molecule has 0 amide bonds. The highest BCUT2D eigenvalue weighted by atomic mass is 15.0. The number of rotatable bonds is 6. The van der Waals surface area contributed by atoms with Gasteiger partial charge in [-0.25, -0.2) is 0 Å². The third-order valence-electron chi connectivity index (χ3n) is 3.04. The van der Waals surface area contributed by atoms with Crippen LogP contribution in [-0.2, 0) is 13.1 Å². The lowest BCUT2D eigenvalue weighted by Crippen LogP contribution is -2.41. The largest absolute Gasteiger partial charge is 0.354 e. The molecule has 1 aromatic heterocycles. The molecular formula is C16H30N2. The first-order chi connectivity index (χ1) is 8.22. The topological polar surface area (TPSA) is 17.0 Å². The van der Waals surface area contributed by atoms with E-state index in [9.17, 15) is 0 Å². The average Bonchev–Trinajstić information content (AvgIpc) is 2.60. The van der Waals surface area contributed by atoms with Gasteiger partial charge < -0.3 is 9.88 Å². The van der Waals surface area contributed by atoms with Crippen molar-refractivity contribution in [2.24, 2.45) is 5.41 Å². The van der Waals surface area contributed by atoms with Gasteiger partial charge in [0.05, 0.1) is 0 Å². The second kappa shape index (κ2) is 5.92. The van der Waals surface area contributed by atoms with Crippen LogP contribution in [0, 0.1) is 5.41 Å². The highest BCUT2D eigenvalue weighted by Crippen LogP contribution is 2.27. The van der Waals surface area contributed by atoms with E-state index >= 15 is 0 Å². The Morgan fingerprint density at radius 3 is 2.39 bits per heavy atom. The van der Waals surface area contributed by atoms with Gasteiger partial charge in [0.1, 0.15) is 0 Å². The molecule has 1 aromatic rings. The van der Waals surface area contributed by atoms with Crippen molar-refractivity contribution in [3.8, 4) is 0 Å². The van der Waals surface area contributed by atoms with E-state index in [1.807, 2.05) is 0 Å². The Bertz CT molecular complexity index is 355.